The van der Waals surface area contributed by atoms with Crippen molar-refractivity contribution in [3.05, 3.63) is 108 Å². The van der Waals surface area contributed by atoms with E-state index >= 15 is 0 Å². The van der Waals surface area contributed by atoms with Crippen LogP contribution in [0.25, 0.3) is 0 Å². The zero-order valence-electron chi connectivity index (χ0n) is 25.1. The van der Waals surface area contributed by atoms with Crippen LogP contribution >= 0.6 is 0 Å². The zero-order chi connectivity index (χ0) is 32.1. The number of nitrogens with zero attached hydrogens (tertiary/aromatic N) is 1. The molecule has 0 aromatic heterocycles. The molecule has 44 heavy (non-hydrogen) atoms. The molecule has 0 saturated carbocycles. The molecule has 0 aliphatic heterocycles. The van der Waals surface area contributed by atoms with Crippen LogP contribution in [0, 0.1) is 5.82 Å². The van der Waals surface area contributed by atoms with Gasteiger partial charge in [0.15, 0.2) is 11.5 Å². The number of carbonyl (C=O) groups is 2. The van der Waals surface area contributed by atoms with Gasteiger partial charge in [-0.1, -0.05) is 51.1 Å². The minimum Gasteiger partial charge on any atom is -0.493 e. The Balaban J connectivity index is 1.55. The molecule has 11 heteroatoms. The van der Waals surface area contributed by atoms with Gasteiger partial charge in [0.2, 0.25) is 5.91 Å². The van der Waals surface area contributed by atoms with Crippen molar-refractivity contribution in [1.82, 2.24) is 0 Å². The molecule has 2 N–H and O–H groups in total. The molecular weight excluding hydrogens is 585 g/mol. The molecule has 0 aliphatic carbocycles. The molecule has 0 bridgehead atoms. The fourth-order valence-corrected chi connectivity index (χ4v) is 5.83. The molecule has 0 radical (unpaired) electrons. The average molecular weight is 620 g/mol. The topological polar surface area (TPSA) is 114 Å². The molecule has 4 aromatic rings. The van der Waals surface area contributed by atoms with Crippen molar-refractivity contribution in [2.24, 2.45) is 0 Å². The van der Waals surface area contributed by atoms with Gasteiger partial charge in [-0.15, -0.1) is 0 Å². The highest BCUT2D eigenvalue weighted by molar-refractivity contribution is 7.92. The van der Waals surface area contributed by atoms with E-state index in [1.54, 1.807) is 30.3 Å². The van der Waals surface area contributed by atoms with Crippen molar-refractivity contribution in [1.29, 1.82) is 0 Å². The molecule has 0 saturated heterocycles. The van der Waals surface area contributed by atoms with Gasteiger partial charge in [-0.3, -0.25) is 13.9 Å². The number of para-hydroxylation sites is 1. The van der Waals surface area contributed by atoms with Crippen LogP contribution in [-0.2, 0) is 20.2 Å². The molecule has 0 atom stereocenters. The zero-order valence-corrected chi connectivity index (χ0v) is 25.9. The van der Waals surface area contributed by atoms with Crippen LogP contribution in [0.3, 0.4) is 0 Å². The number of halogens is 1. The third kappa shape index (κ3) is 7.35. The number of carbonyl (C=O) groups excluding carboxylic acids is 2. The smallest absolute Gasteiger partial charge is 0.265 e. The van der Waals surface area contributed by atoms with Gasteiger partial charge < -0.3 is 20.1 Å². The number of methoxy groups -OCH3 is 2. The predicted molar refractivity (Wildman–Crippen MR) is 169 cm³/mol. The van der Waals surface area contributed by atoms with Gasteiger partial charge in [-0.25, -0.2) is 12.8 Å². The number of amides is 2. The second kappa shape index (κ2) is 13.2. The van der Waals surface area contributed by atoms with E-state index in [9.17, 15) is 22.4 Å². The highest BCUT2D eigenvalue weighted by Gasteiger charge is 2.30. The molecule has 9 nitrogen and oxygen atoms in total. The fourth-order valence-electron chi connectivity index (χ4n) is 4.39. The minimum atomic E-state index is -4.45. The lowest BCUT2D eigenvalue weighted by Gasteiger charge is -2.25. The standard InChI is InChI=1S/C33H34FN3O6S/c1-33(2,3)23-15-13-22(14-16-23)32(39)36-25-10-8-9-24(19-25)35-31(38)21-37(28-12-7-6-11-27(28)34)44(40,41)26-17-18-29(42-4)30(20-26)43-5/h6-20H,21H2,1-5H3,(H,35,38)(H,36,39). The van der Waals surface area contributed by atoms with Gasteiger partial charge in [0, 0.05) is 23.0 Å². The Morgan fingerprint density at radius 2 is 1.43 bits per heavy atom. The van der Waals surface area contributed by atoms with E-state index in [2.05, 4.69) is 31.4 Å². The fraction of sp³-hybridized carbons (Fsp3) is 0.212. The Bertz CT molecular complexity index is 1770. The molecular formula is C33H34FN3O6S. The van der Waals surface area contributed by atoms with Crippen LogP contribution in [-0.4, -0.2) is 41.0 Å². The Hall–Kier alpha value is -4.90. The Morgan fingerprint density at radius 3 is 2.05 bits per heavy atom. The lowest BCUT2D eigenvalue weighted by molar-refractivity contribution is -0.114. The summed E-state index contributed by atoms with van der Waals surface area (Å²) in [6.07, 6.45) is 0. The molecule has 0 heterocycles. The monoisotopic (exact) mass is 619 g/mol. The van der Waals surface area contributed by atoms with Crippen LogP contribution < -0.4 is 24.4 Å². The van der Waals surface area contributed by atoms with Gasteiger partial charge in [-0.05, 0) is 65.6 Å². The van der Waals surface area contributed by atoms with E-state index in [1.807, 2.05) is 12.1 Å². The van der Waals surface area contributed by atoms with E-state index in [-0.39, 0.29) is 27.7 Å². The van der Waals surface area contributed by atoms with E-state index in [1.165, 1.54) is 56.7 Å². The van der Waals surface area contributed by atoms with Crippen molar-refractivity contribution in [3.8, 4) is 11.5 Å². The summed E-state index contributed by atoms with van der Waals surface area (Å²) in [6.45, 7) is 5.52. The molecule has 0 aliphatic rings. The lowest BCUT2D eigenvalue weighted by atomic mass is 9.87. The maximum atomic E-state index is 14.9. The summed E-state index contributed by atoms with van der Waals surface area (Å²) in [7, 11) is -1.68. The summed E-state index contributed by atoms with van der Waals surface area (Å²) in [5.74, 6) is -1.45. The van der Waals surface area contributed by atoms with Gasteiger partial charge in [0.1, 0.15) is 12.4 Å². The van der Waals surface area contributed by atoms with Crippen LogP contribution in [0.15, 0.2) is 95.9 Å². The number of hydrogen-bond acceptors (Lipinski definition) is 6. The van der Waals surface area contributed by atoms with E-state index < -0.39 is 28.3 Å². The Morgan fingerprint density at radius 1 is 0.795 bits per heavy atom. The van der Waals surface area contributed by atoms with Crippen molar-refractivity contribution in [3.63, 3.8) is 0 Å². The first kappa shape index (κ1) is 32.0. The highest BCUT2D eigenvalue weighted by atomic mass is 32.2. The first-order valence-electron chi connectivity index (χ1n) is 13.6. The number of hydrogen-bond donors (Lipinski definition) is 2. The summed E-state index contributed by atoms with van der Waals surface area (Å²) >= 11 is 0. The van der Waals surface area contributed by atoms with Gasteiger partial charge >= 0.3 is 0 Å². The molecule has 0 fully saturated rings. The second-order valence-corrected chi connectivity index (χ2v) is 12.8. The third-order valence-electron chi connectivity index (χ3n) is 6.77. The quantitative estimate of drug-likeness (QED) is 0.218. The van der Waals surface area contributed by atoms with Crippen molar-refractivity contribution >= 4 is 38.9 Å². The summed E-state index contributed by atoms with van der Waals surface area (Å²) in [6, 6.07) is 22.9. The van der Waals surface area contributed by atoms with Gasteiger partial charge in [0.25, 0.3) is 15.9 Å². The number of sulfonamides is 1. The van der Waals surface area contributed by atoms with Crippen LogP contribution in [0.2, 0.25) is 0 Å². The Kier molecular flexibility index (Phi) is 9.59. The third-order valence-corrected chi connectivity index (χ3v) is 8.52. The number of rotatable bonds is 10. The molecule has 4 aromatic carbocycles. The number of nitrogens with one attached hydrogen (secondary N) is 2. The summed E-state index contributed by atoms with van der Waals surface area (Å²) in [5, 5.41) is 5.44. The number of anilines is 3. The Labute approximate surface area is 256 Å². The summed E-state index contributed by atoms with van der Waals surface area (Å²) in [4.78, 5) is 25.8. The summed E-state index contributed by atoms with van der Waals surface area (Å²) < 4.78 is 53.5. The second-order valence-electron chi connectivity index (χ2n) is 10.9. The van der Waals surface area contributed by atoms with Crippen LogP contribution in [0.1, 0.15) is 36.7 Å². The van der Waals surface area contributed by atoms with Crippen LogP contribution in [0.5, 0.6) is 11.5 Å². The number of benzene rings is 4. The minimum absolute atomic E-state index is 0.0513. The van der Waals surface area contributed by atoms with Gasteiger partial charge in [0.05, 0.1) is 24.8 Å². The van der Waals surface area contributed by atoms with Crippen molar-refractivity contribution < 1.29 is 31.9 Å². The normalized spacial score (nSPS) is 11.4. The SMILES string of the molecule is COc1ccc(S(=O)(=O)N(CC(=O)Nc2cccc(NC(=O)c3ccc(C(C)(C)C)cc3)c2)c2ccccc2F)cc1OC. The predicted octanol–water partition coefficient (Wildman–Crippen LogP) is 6.23. The first-order valence-corrected chi connectivity index (χ1v) is 15.1. The van der Waals surface area contributed by atoms with Gasteiger partial charge in [-0.2, -0.15) is 0 Å². The highest BCUT2D eigenvalue weighted by Crippen LogP contribution is 2.33. The maximum absolute atomic E-state index is 14.9. The van der Waals surface area contributed by atoms with Crippen molar-refractivity contribution in [2.45, 2.75) is 31.1 Å². The van der Waals surface area contributed by atoms with Crippen LogP contribution in [0.4, 0.5) is 21.5 Å². The molecule has 230 valence electrons. The summed E-state index contributed by atoms with van der Waals surface area (Å²) in [5.41, 5.74) is 1.91. The average Bonchev–Trinajstić information content (AvgIpc) is 2.99. The largest absolute Gasteiger partial charge is 0.493 e. The van der Waals surface area contributed by atoms with E-state index in [0.29, 0.717) is 27.0 Å². The molecule has 0 spiro atoms. The van der Waals surface area contributed by atoms with E-state index in [0.717, 1.165) is 11.6 Å². The number of ether oxygens (including phenoxy) is 2. The first-order chi connectivity index (χ1) is 20.8. The lowest BCUT2D eigenvalue weighted by Crippen LogP contribution is -2.38. The van der Waals surface area contributed by atoms with Crippen molar-refractivity contribution in [2.75, 3.05) is 35.7 Å². The van der Waals surface area contributed by atoms with E-state index in [4.69, 9.17) is 9.47 Å². The maximum Gasteiger partial charge on any atom is 0.265 e. The molecule has 4 rings (SSSR count). The molecule has 2 amide bonds. The molecule has 0 unspecified atom stereocenters.